The van der Waals surface area contributed by atoms with Crippen molar-refractivity contribution in [3.8, 4) is 0 Å². The topological polar surface area (TPSA) is 72.8 Å². The van der Waals surface area contributed by atoms with E-state index in [9.17, 15) is 14.7 Å². The molecule has 47 heavy (non-hydrogen) atoms. The first-order chi connectivity index (χ1) is 23.0. The first-order valence-corrected chi connectivity index (χ1v) is 21.0. The van der Waals surface area contributed by atoms with E-state index in [0.29, 0.717) is 12.8 Å². The fourth-order valence-electron chi connectivity index (χ4n) is 6.39. The second-order valence-corrected chi connectivity index (χ2v) is 14.9. The van der Waals surface area contributed by atoms with Gasteiger partial charge in [-0.2, -0.15) is 0 Å². The van der Waals surface area contributed by atoms with Crippen molar-refractivity contribution >= 4 is 11.9 Å². The average molecular weight is 667 g/mol. The lowest BCUT2D eigenvalue weighted by Gasteiger charge is -2.15. The molecule has 0 heterocycles. The second kappa shape index (κ2) is 37.7. The number of hydrogen-bond donors (Lipinski definition) is 1. The summed E-state index contributed by atoms with van der Waals surface area (Å²) < 4.78 is 10.6. The minimum absolute atomic E-state index is 0.0574. The molecule has 0 bridgehead atoms. The summed E-state index contributed by atoms with van der Waals surface area (Å²) in [6.07, 6.45) is 40.3. The number of aliphatic hydroxyl groups excluding tert-OH is 1. The fraction of sp³-hybridized carbons (Fsp3) is 0.952. The van der Waals surface area contributed by atoms with Crippen molar-refractivity contribution in [3.63, 3.8) is 0 Å². The predicted octanol–water partition coefficient (Wildman–Crippen LogP) is 13.0. The third-order valence-corrected chi connectivity index (χ3v) is 9.58. The van der Waals surface area contributed by atoms with Crippen molar-refractivity contribution in [1.82, 2.24) is 0 Å². The van der Waals surface area contributed by atoms with Crippen molar-refractivity contribution in [1.29, 1.82) is 0 Å². The normalized spacial score (nSPS) is 12.1. The summed E-state index contributed by atoms with van der Waals surface area (Å²) in [6, 6.07) is 0. The highest BCUT2D eigenvalue weighted by molar-refractivity contribution is 5.70. The van der Waals surface area contributed by atoms with Crippen LogP contribution in [-0.4, -0.2) is 36.4 Å². The first-order valence-electron chi connectivity index (χ1n) is 21.0. The lowest BCUT2D eigenvalue weighted by atomic mass is 10.0. The molecule has 0 aromatic carbocycles. The minimum atomic E-state index is -0.761. The monoisotopic (exact) mass is 667 g/mol. The molecule has 0 rings (SSSR count). The number of ether oxygens (including phenoxy) is 2. The zero-order chi connectivity index (χ0) is 34.5. The molecule has 0 unspecified atom stereocenters. The Hall–Kier alpha value is -1.10. The number of aliphatic hydroxyl groups is 1. The van der Waals surface area contributed by atoms with Crippen molar-refractivity contribution < 1.29 is 24.2 Å². The Morgan fingerprint density at radius 1 is 0.468 bits per heavy atom. The van der Waals surface area contributed by atoms with Crippen LogP contribution < -0.4 is 0 Å². The molecule has 0 aliphatic heterocycles. The molecule has 5 heteroatoms. The Bertz CT molecular complexity index is 649. The van der Waals surface area contributed by atoms with E-state index in [0.717, 1.165) is 38.0 Å². The summed E-state index contributed by atoms with van der Waals surface area (Å²) in [6.45, 7) is 6.53. The number of carbonyl (C=O) groups is 2. The van der Waals surface area contributed by atoms with Crippen molar-refractivity contribution in [2.24, 2.45) is 5.92 Å². The number of carbonyl (C=O) groups excluding carboxylic acids is 2. The van der Waals surface area contributed by atoms with Crippen molar-refractivity contribution in [2.75, 3.05) is 13.2 Å². The van der Waals surface area contributed by atoms with Gasteiger partial charge in [-0.1, -0.05) is 207 Å². The molecule has 0 fully saturated rings. The van der Waals surface area contributed by atoms with Crippen molar-refractivity contribution in [3.05, 3.63) is 0 Å². The molecule has 5 nitrogen and oxygen atoms in total. The minimum Gasteiger partial charge on any atom is -0.462 e. The maximum Gasteiger partial charge on any atom is 0.306 e. The molecule has 0 saturated carbocycles. The molecular weight excluding hydrogens is 584 g/mol. The maximum atomic E-state index is 12.2. The Morgan fingerprint density at radius 2 is 0.787 bits per heavy atom. The van der Waals surface area contributed by atoms with Crippen LogP contribution in [0.5, 0.6) is 0 Å². The molecule has 1 atom stereocenters. The van der Waals surface area contributed by atoms with Gasteiger partial charge < -0.3 is 14.6 Å². The molecule has 0 aliphatic rings. The third-order valence-electron chi connectivity index (χ3n) is 9.58. The van der Waals surface area contributed by atoms with Gasteiger partial charge in [-0.05, 0) is 18.8 Å². The van der Waals surface area contributed by atoms with E-state index < -0.39 is 6.10 Å². The van der Waals surface area contributed by atoms with Gasteiger partial charge >= 0.3 is 11.9 Å². The quantitative estimate of drug-likeness (QED) is 0.0524. The van der Waals surface area contributed by atoms with Gasteiger partial charge in [0.1, 0.15) is 6.61 Å². The molecule has 0 aromatic heterocycles. The largest absolute Gasteiger partial charge is 0.462 e. The lowest BCUT2D eigenvalue weighted by Crippen LogP contribution is -2.28. The maximum absolute atomic E-state index is 12.2. The summed E-state index contributed by atoms with van der Waals surface area (Å²) in [7, 11) is 0. The van der Waals surface area contributed by atoms with Crippen LogP contribution >= 0.6 is 0 Å². The summed E-state index contributed by atoms with van der Waals surface area (Å²) >= 11 is 0. The van der Waals surface area contributed by atoms with E-state index in [-0.39, 0.29) is 25.2 Å². The van der Waals surface area contributed by atoms with E-state index in [2.05, 4.69) is 20.8 Å². The Labute approximate surface area is 293 Å². The zero-order valence-electron chi connectivity index (χ0n) is 32.0. The van der Waals surface area contributed by atoms with Crippen LogP contribution in [0.25, 0.3) is 0 Å². The zero-order valence-corrected chi connectivity index (χ0v) is 32.0. The van der Waals surface area contributed by atoms with Gasteiger partial charge in [0.25, 0.3) is 0 Å². The van der Waals surface area contributed by atoms with E-state index in [1.165, 1.54) is 167 Å². The van der Waals surface area contributed by atoms with Gasteiger partial charge in [0.15, 0.2) is 6.10 Å². The molecule has 0 spiro atoms. The van der Waals surface area contributed by atoms with Gasteiger partial charge in [-0.3, -0.25) is 9.59 Å². The Kier molecular flexibility index (Phi) is 36.8. The number of hydrogen-bond acceptors (Lipinski definition) is 5. The van der Waals surface area contributed by atoms with Crippen LogP contribution in [0, 0.1) is 5.92 Å². The molecular formula is C42H82O5. The van der Waals surface area contributed by atoms with Crippen LogP contribution in [0.4, 0.5) is 0 Å². The molecule has 1 N–H and O–H groups in total. The number of esters is 2. The standard InChI is InChI=1S/C42H82O5/c1-4-5-6-7-8-9-10-20-23-26-29-32-35-41(44)46-38-40(37-43)47-42(45)36-33-30-27-24-21-18-16-14-12-11-13-15-17-19-22-25-28-31-34-39(2)3/h39-40,43H,4-38H2,1-3H3/t40-/m0/s1. The average Bonchev–Trinajstić information content (AvgIpc) is 3.06. The van der Waals surface area contributed by atoms with Crippen LogP contribution in [0.3, 0.4) is 0 Å². The van der Waals surface area contributed by atoms with Crippen LogP contribution in [-0.2, 0) is 19.1 Å². The molecule has 280 valence electrons. The van der Waals surface area contributed by atoms with Gasteiger partial charge in [-0.25, -0.2) is 0 Å². The van der Waals surface area contributed by atoms with Gasteiger partial charge in [0.05, 0.1) is 6.61 Å². The number of unbranched alkanes of at least 4 members (excludes halogenated alkanes) is 28. The number of rotatable bonds is 38. The molecule has 0 radical (unpaired) electrons. The predicted molar refractivity (Wildman–Crippen MR) is 201 cm³/mol. The molecule has 0 aliphatic carbocycles. The van der Waals surface area contributed by atoms with Gasteiger partial charge in [0, 0.05) is 12.8 Å². The Morgan fingerprint density at radius 3 is 1.13 bits per heavy atom. The van der Waals surface area contributed by atoms with E-state index in [1.807, 2.05) is 0 Å². The van der Waals surface area contributed by atoms with E-state index in [4.69, 9.17) is 9.47 Å². The fourth-order valence-corrected chi connectivity index (χ4v) is 6.39. The molecule has 0 amide bonds. The van der Waals surface area contributed by atoms with Gasteiger partial charge in [-0.15, -0.1) is 0 Å². The van der Waals surface area contributed by atoms with E-state index >= 15 is 0 Å². The Balaban J connectivity index is 3.46. The molecule has 0 aromatic rings. The summed E-state index contributed by atoms with van der Waals surface area (Å²) in [5.74, 6) is 0.289. The van der Waals surface area contributed by atoms with Crippen molar-refractivity contribution in [2.45, 2.75) is 239 Å². The lowest BCUT2D eigenvalue weighted by molar-refractivity contribution is -0.161. The first kappa shape index (κ1) is 45.9. The SMILES string of the molecule is CCCCCCCCCCCCCCC(=O)OC[C@H](CO)OC(=O)CCCCCCCCCCCCCCCCCCCCC(C)C. The highest BCUT2D eigenvalue weighted by atomic mass is 16.6. The van der Waals surface area contributed by atoms with Gasteiger partial charge in [0.2, 0.25) is 0 Å². The molecule has 0 saturated heterocycles. The summed E-state index contributed by atoms with van der Waals surface area (Å²) in [5.41, 5.74) is 0. The summed E-state index contributed by atoms with van der Waals surface area (Å²) in [4.78, 5) is 24.2. The smallest absolute Gasteiger partial charge is 0.306 e. The summed E-state index contributed by atoms with van der Waals surface area (Å²) in [5, 5.41) is 9.55. The van der Waals surface area contributed by atoms with Crippen LogP contribution in [0.1, 0.15) is 233 Å². The van der Waals surface area contributed by atoms with Crippen LogP contribution in [0.15, 0.2) is 0 Å². The highest BCUT2D eigenvalue weighted by Gasteiger charge is 2.16. The third kappa shape index (κ3) is 37.6. The second-order valence-electron chi connectivity index (χ2n) is 14.9. The van der Waals surface area contributed by atoms with Crippen LogP contribution in [0.2, 0.25) is 0 Å². The van der Waals surface area contributed by atoms with E-state index in [1.54, 1.807) is 0 Å². The highest BCUT2D eigenvalue weighted by Crippen LogP contribution is 2.16.